The summed E-state index contributed by atoms with van der Waals surface area (Å²) in [5, 5.41) is 0. The van der Waals surface area contributed by atoms with Crippen LogP contribution in [-0.4, -0.2) is 62.6 Å². The summed E-state index contributed by atoms with van der Waals surface area (Å²) in [7, 11) is 1.31. The second-order valence-corrected chi connectivity index (χ2v) is 11.0. The third kappa shape index (κ3) is 8.39. The number of carbonyl (C=O) groups is 3. The minimum atomic E-state index is -0.790. The number of hydrogen-bond donors (Lipinski definition) is 0. The van der Waals surface area contributed by atoms with E-state index in [2.05, 4.69) is 65.0 Å². The van der Waals surface area contributed by atoms with Gasteiger partial charge in [-0.2, -0.15) is 0 Å². The van der Waals surface area contributed by atoms with Crippen molar-refractivity contribution in [2.24, 2.45) is 23.7 Å². The van der Waals surface area contributed by atoms with Crippen molar-refractivity contribution in [2.45, 2.75) is 96.9 Å². The molecule has 0 aromatic carbocycles. The molecule has 8 nitrogen and oxygen atoms in total. The van der Waals surface area contributed by atoms with Gasteiger partial charge in [0.25, 0.3) is 12.9 Å². The van der Waals surface area contributed by atoms with E-state index in [1.54, 1.807) is 0 Å². The van der Waals surface area contributed by atoms with Crippen LogP contribution >= 0.6 is 0 Å². The summed E-state index contributed by atoms with van der Waals surface area (Å²) in [6.45, 7) is 11.5. The lowest BCUT2D eigenvalue weighted by atomic mass is 9.95. The van der Waals surface area contributed by atoms with Crippen molar-refractivity contribution in [3.8, 4) is 0 Å². The molecule has 0 N–H and O–H groups in total. The van der Waals surface area contributed by atoms with Gasteiger partial charge >= 0.3 is 5.97 Å². The molecule has 39 heavy (non-hydrogen) atoms. The highest BCUT2D eigenvalue weighted by molar-refractivity contribution is 5.69. The van der Waals surface area contributed by atoms with E-state index in [1.807, 2.05) is 6.08 Å². The fraction of sp³-hybridized carbons (Fsp3) is 0.645. The van der Waals surface area contributed by atoms with Crippen LogP contribution in [0.2, 0.25) is 0 Å². The molecule has 0 unspecified atom stereocenters. The molecule has 3 rings (SSSR count). The maximum absolute atomic E-state index is 11.8. The van der Waals surface area contributed by atoms with Gasteiger partial charge in [-0.15, -0.1) is 0 Å². The van der Waals surface area contributed by atoms with Crippen LogP contribution in [0.15, 0.2) is 47.6 Å². The molecule has 2 fully saturated rings. The molecule has 1 saturated heterocycles. The SMILES string of the molecule is CC[C@H]1O[C@@H](/C(C)=C/[C@H](C)/C=C/[C@H]2[C@@H](C)[C@@H]2/C=C/[C@@H]2O[C@H](CC(=O)OC)C[C@H](OC=O)[C@H]2OC=O)CC=C1C. The van der Waals surface area contributed by atoms with Crippen molar-refractivity contribution in [2.75, 3.05) is 7.11 Å². The third-order valence-electron chi connectivity index (χ3n) is 8.17. The maximum Gasteiger partial charge on any atom is 0.308 e. The van der Waals surface area contributed by atoms with Crippen molar-refractivity contribution < 1.29 is 38.1 Å². The predicted molar refractivity (Wildman–Crippen MR) is 146 cm³/mol. The van der Waals surface area contributed by atoms with Crippen LogP contribution in [0.5, 0.6) is 0 Å². The van der Waals surface area contributed by atoms with E-state index in [0.717, 1.165) is 12.8 Å². The van der Waals surface area contributed by atoms with E-state index in [-0.39, 0.29) is 31.0 Å². The van der Waals surface area contributed by atoms with Gasteiger partial charge in [-0.3, -0.25) is 14.4 Å². The van der Waals surface area contributed by atoms with Gasteiger partial charge < -0.3 is 23.7 Å². The van der Waals surface area contributed by atoms with Gasteiger partial charge in [-0.05, 0) is 61.5 Å². The van der Waals surface area contributed by atoms with Crippen molar-refractivity contribution in [3.05, 3.63) is 47.6 Å². The molecule has 1 aliphatic carbocycles. The molecule has 0 aromatic heterocycles. The third-order valence-corrected chi connectivity index (χ3v) is 8.17. The molecule has 0 bridgehead atoms. The van der Waals surface area contributed by atoms with Crippen LogP contribution in [0.25, 0.3) is 0 Å². The summed E-state index contributed by atoms with van der Waals surface area (Å²) >= 11 is 0. The molecule has 0 radical (unpaired) electrons. The lowest BCUT2D eigenvalue weighted by Crippen LogP contribution is -2.50. The van der Waals surface area contributed by atoms with E-state index in [1.165, 1.54) is 18.3 Å². The average molecular weight is 545 g/mol. The highest BCUT2D eigenvalue weighted by Gasteiger charge is 2.45. The smallest absolute Gasteiger partial charge is 0.308 e. The molecule has 8 heteroatoms. The van der Waals surface area contributed by atoms with E-state index in [9.17, 15) is 14.4 Å². The van der Waals surface area contributed by atoms with Gasteiger partial charge in [-0.1, -0.05) is 57.2 Å². The molecule has 10 atom stereocenters. The van der Waals surface area contributed by atoms with Crippen molar-refractivity contribution >= 4 is 18.9 Å². The van der Waals surface area contributed by atoms with Gasteiger partial charge in [0.15, 0.2) is 6.10 Å². The summed E-state index contributed by atoms with van der Waals surface area (Å²) in [4.78, 5) is 34.0. The molecule has 1 saturated carbocycles. The van der Waals surface area contributed by atoms with Gasteiger partial charge in [0.1, 0.15) is 12.2 Å². The Balaban J connectivity index is 1.62. The van der Waals surface area contributed by atoms with E-state index in [0.29, 0.717) is 30.7 Å². The normalized spacial score (nSPS) is 35.8. The summed E-state index contributed by atoms with van der Waals surface area (Å²) in [6, 6.07) is 0. The number of hydrogen-bond acceptors (Lipinski definition) is 8. The van der Waals surface area contributed by atoms with Gasteiger partial charge in [0, 0.05) is 6.42 Å². The van der Waals surface area contributed by atoms with E-state index >= 15 is 0 Å². The Hall–Kier alpha value is -2.71. The van der Waals surface area contributed by atoms with E-state index < -0.39 is 30.4 Å². The zero-order chi connectivity index (χ0) is 28.5. The van der Waals surface area contributed by atoms with Crippen LogP contribution in [-0.2, 0) is 38.1 Å². The zero-order valence-electron chi connectivity index (χ0n) is 24.0. The first-order valence-corrected chi connectivity index (χ1v) is 14.0. The average Bonchev–Trinajstić information content (AvgIpc) is 3.55. The Kier molecular flexibility index (Phi) is 11.5. The second kappa shape index (κ2) is 14.6. The summed E-state index contributed by atoms with van der Waals surface area (Å²) in [5.74, 6) is 1.02. The van der Waals surface area contributed by atoms with Gasteiger partial charge in [0.05, 0.1) is 31.8 Å². The summed E-state index contributed by atoms with van der Waals surface area (Å²) < 4.78 is 27.5. The predicted octanol–water partition coefficient (Wildman–Crippen LogP) is 4.88. The largest absolute Gasteiger partial charge is 0.469 e. The van der Waals surface area contributed by atoms with Crippen molar-refractivity contribution in [3.63, 3.8) is 0 Å². The molecular formula is C31H44O8. The van der Waals surface area contributed by atoms with Crippen molar-refractivity contribution in [1.29, 1.82) is 0 Å². The quantitative estimate of drug-likeness (QED) is 0.140. The summed E-state index contributed by atoms with van der Waals surface area (Å²) in [5.41, 5.74) is 2.59. The first-order valence-electron chi connectivity index (χ1n) is 14.0. The topological polar surface area (TPSA) is 97.4 Å². The Labute approximate surface area is 232 Å². The number of esters is 1. The minimum absolute atomic E-state index is 0.0181. The Morgan fingerprint density at radius 2 is 1.85 bits per heavy atom. The Morgan fingerprint density at radius 3 is 2.51 bits per heavy atom. The highest BCUT2D eigenvalue weighted by Crippen LogP contribution is 2.48. The number of carbonyl (C=O) groups excluding carboxylic acids is 3. The fourth-order valence-corrected chi connectivity index (χ4v) is 5.70. The minimum Gasteiger partial charge on any atom is -0.469 e. The van der Waals surface area contributed by atoms with Crippen molar-refractivity contribution in [1.82, 2.24) is 0 Å². The number of methoxy groups -OCH3 is 1. The van der Waals surface area contributed by atoms with Crippen LogP contribution in [0.4, 0.5) is 0 Å². The van der Waals surface area contributed by atoms with Gasteiger partial charge in [-0.25, -0.2) is 0 Å². The molecular weight excluding hydrogens is 500 g/mol. The number of ether oxygens (including phenoxy) is 5. The lowest BCUT2D eigenvalue weighted by molar-refractivity contribution is -0.190. The summed E-state index contributed by atoms with van der Waals surface area (Å²) in [6.07, 6.45) is 12.9. The highest BCUT2D eigenvalue weighted by atomic mass is 16.6. The molecule has 0 aromatic rings. The first-order chi connectivity index (χ1) is 18.7. The molecule has 0 amide bonds. The second-order valence-electron chi connectivity index (χ2n) is 11.0. The van der Waals surface area contributed by atoms with Crippen LogP contribution in [0.3, 0.4) is 0 Å². The Morgan fingerprint density at radius 1 is 1.13 bits per heavy atom. The van der Waals surface area contributed by atoms with Crippen LogP contribution in [0.1, 0.15) is 60.3 Å². The number of rotatable bonds is 13. The number of allylic oxidation sites excluding steroid dienone is 4. The molecule has 216 valence electrons. The molecule has 3 aliphatic rings. The molecule has 0 spiro atoms. The zero-order valence-corrected chi connectivity index (χ0v) is 24.0. The Bertz CT molecular complexity index is 966. The fourth-order valence-electron chi connectivity index (χ4n) is 5.70. The molecule has 2 aliphatic heterocycles. The monoisotopic (exact) mass is 544 g/mol. The molecule has 2 heterocycles. The van der Waals surface area contributed by atoms with Crippen LogP contribution in [0, 0.1) is 23.7 Å². The van der Waals surface area contributed by atoms with Crippen LogP contribution < -0.4 is 0 Å². The van der Waals surface area contributed by atoms with E-state index in [4.69, 9.17) is 23.7 Å². The standard InChI is InChI=1S/C31H44O8/c1-7-26-20(3)9-12-27(39-26)21(4)14-19(2)8-10-24-22(5)25(24)11-13-28-31(37-18-33)29(36-17-32)15-23(38-28)16-30(34)35-6/h8-11,13-14,17-19,22-29,31H,7,12,15-16H2,1-6H3/b10-8+,13-11+,21-14+/t19-,22-,23+,24+,25+,26-,27-,28+,29+,31+/m1/s1. The maximum atomic E-state index is 11.8. The van der Waals surface area contributed by atoms with Gasteiger partial charge in [0.2, 0.25) is 0 Å². The lowest BCUT2D eigenvalue weighted by Gasteiger charge is -2.38. The first kappa shape index (κ1) is 30.8.